The standard InChI is InChI=1S/C17H21N/c1-4-13-7-8-15(11-14(13)5-2)16-10-12(3)6-9-17(16)18/h6-11H,4-5,18H2,1-3H3. The SMILES string of the molecule is CCc1ccc(-c2cc(C)ccc2N)cc1CC. The van der Waals surface area contributed by atoms with Crippen LogP contribution in [0, 0.1) is 6.92 Å². The topological polar surface area (TPSA) is 26.0 Å². The zero-order valence-corrected chi connectivity index (χ0v) is 11.5. The lowest BCUT2D eigenvalue weighted by molar-refractivity contribution is 1.04. The van der Waals surface area contributed by atoms with Crippen molar-refractivity contribution in [3.05, 3.63) is 53.1 Å². The normalized spacial score (nSPS) is 10.6. The number of hydrogen-bond acceptors (Lipinski definition) is 1. The predicted octanol–water partition coefficient (Wildman–Crippen LogP) is 4.37. The van der Waals surface area contributed by atoms with Crippen molar-refractivity contribution in [2.75, 3.05) is 5.73 Å². The molecule has 1 nitrogen and oxygen atoms in total. The number of rotatable bonds is 3. The molecule has 2 aromatic carbocycles. The quantitative estimate of drug-likeness (QED) is 0.791. The van der Waals surface area contributed by atoms with Crippen LogP contribution in [-0.4, -0.2) is 0 Å². The van der Waals surface area contributed by atoms with Crippen molar-refractivity contribution in [3.63, 3.8) is 0 Å². The number of aryl methyl sites for hydroxylation is 3. The Morgan fingerprint density at radius 2 is 1.61 bits per heavy atom. The van der Waals surface area contributed by atoms with Gasteiger partial charge in [0, 0.05) is 11.3 Å². The van der Waals surface area contributed by atoms with E-state index in [4.69, 9.17) is 5.73 Å². The zero-order chi connectivity index (χ0) is 13.1. The number of nitrogens with two attached hydrogens (primary N) is 1. The van der Waals surface area contributed by atoms with E-state index in [1.54, 1.807) is 0 Å². The van der Waals surface area contributed by atoms with Gasteiger partial charge in [-0.3, -0.25) is 0 Å². The minimum Gasteiger partial charge on any atom is -0.398 e. The minimum atomic E-state index is 0.854. The first-order valence-electron chi connectivity index (χ1n) is 6.64. The van der Waals surface area contributed by atoms with Crippen LogP contribution in [0.4, 0.5) is 5.69 Å². The van der Waals surface area contributed by atoms with E-state index in [0.29, 0.717) is 0 Å². The van der Waals surface area contributed by atoms with Gasteiger partial charge in [0.05, 0.1) is 0 Å². The van der Waals surface area contributed by atoms with Crippen molar-refractivity contribution < 1.29 is 0 Å². The molecule has 0 aliphatic carbocycles. The average molecular weight is 239 g/mol. The van der Waals surface area contributed by atoms with Gasteiger partial charge < -0.3 is 5.73 Å². The van der Waals surface area contributed by atoms with Crippen LogP contribution in [0.25, 0.3) is 11.1 Å². The highest BCUT2D eigenvalue weighted by Gasteiger charge is 2.06. The van der Waals surface area contributed by atoms with Gasteiger partial charge in [-0.05, 0) is 48.6 Å². The molecule has 1 heteroatoms. The Labute approximate surface area is 110 Å². The lowest BCUT2D eigenvalue weighted by Crippen LogP contribution is -1.94. The van der Waals surface area contributed by atoms with Gasteiger partial charge in [0.2, 0.25) is 0 Å². The summed E-state index contributed by atoms with van der Waals surface area (Å²) in [4.78, 5) is 0. The summed E-state index contributed by atoms with van der Waals surface area (Å²) in [7, 11) is 0. The predicted molar refractivity (Wildman–Crippen MR) is 79.8 cm³/mol. The molecule has 2 aromatic rings. The third-order valence-electron chi connectivity index (χ3n) is 3.49. The van der Waals surface area contributed by atoms with Crippen molar-refractivity contribution in [3.8, 4) is 11.1 Å². The summed E-state index contributed by atoms with van der Waals surface area (Å²) in [5, 5.41) is 0. The molecule has 0 spiro atoms. The Balaban J connectivity index is 2.54. The van der Waals surface area contributed by atoms with Crippen molar-refractivity contribution in [2.45, 2.75) is 33.6 Å². The van der Waals surface area contributed by atoms with Crippen LogP contribution in [0.2, 0.25) is 0 Å². The molecule has 0 atom stereocenters. The van der Waals surface area contributed by atoms with Crippen LogP contribution in [0.5, 0.6) is 0 Å². The Kier molecular flexibility index (Phi) is 3.71. The molecule has 0 bridgehead atoms. The average Bonchev–Trinajstić information content (AvgIpc) is 2.40. The van der Waals surface area contributed by atoms with Crippen molar-refractivity contribution in [1.82, 2.24) is 0 Å². The maximum Gasteiger partial charge on any atom is 0.0393 e. The lowest BCUT2D eigenvalue weighted by Gasteiger charge is -2.11. The van der Waals surface area contributed by atoms with Gasteiger partial charge in [-0.15, -0.1) is 0 Å². The molecule has 18 heavy (non-hydrogen) atoms. The summed E-state index contributed by atoms with van der Waals surface area (Å²) in [6.07, 6.45) is 2.16. The fraction of sp³-hybridized carbons (Fsp3) is 0.294. The number of hydrogen-bond donors (Lipinski definition) is 1. The summed E-state index contributed by atoms with van der Waals surface area (Å²) in [5.41, 5.74) is 13.4. The van der Waals surface area contributed by atoms with Gasteiger partial charge in [-0.2, -0.15) is 0 Å². The van der Waals surface area contributed by atoms with E-state index in [1.165, 1.54) is 22.3 Å². The Bertz CT molecular complexity index is 556. The second kappa shape index (κ2) is 5.26. The molecule has 2 N–H and O–H groups in total. The van der Waals surface area contributed by atoms with E-state index in [0.717, 1.165) is 24.1 Å². The fourth-order valence-electron chi connectivity index (χ4n) is 2.39. The molecule has 0 radical (unpaired) electrons. The van der Waals surface area contributed by atoms with E-state index in [-0.39, 0.29) is 0 Å². The van der Waals surface area contributed by atoms with Crippen LogP contribution in [0.15, 0.2) is 36.4 Å². The molecular formula is C17H21N. The monoisotopic (exact) mass is 239 g/mol. The highest BCUT2D eigenvalue weighted by Crippen LogP contribution is 2.29. The van der Waals surface area contributed by atoms with Crippen LogP contribution in [0.1, 0.15) is 30.5 Å². The molecule has 0 amide bonds. The molecule has 0 saturated carbocycles. The number of anilines is 1. The van der Waals surface area contributed by atoms with E-state index < -0.39 is 0 Å². The molecule has 94 valence electrons. The first kappa shape index (κ1) is 12.7. The molecular weight excluding hydrogens is 218 g/mol. The summed E-state index contributed by atoms with van der Waals surface area (Å²) in [6, 6.07) is 12.9. The largest absolute Gasteiger partial charge is 0.398 e. The molecule has 2 rings (SSSR count). The van der Waals surface area contributed by atoms with Crippen LogP contribution < -0.4 is 5.73 Å². The first-order valence-corrected chi connectivity index (χ1v) is 6.64. The molecule has 0 fully saturated rings. The third-order valence-corrected chi connectivity index (χ3v) is 3.49. The Morgan fingerprint density at radius 1 is 0.889 bits per heavy atom. The molecule has 0 unspecified atom stereocenters. The minimum absolute atomic E-state index is 0.854. The van der Waals surface area contributed by atoms with Crippen molar-refractivity contribution >= 4 is 5.69 Å². The molecule has 0 aromatic heterocycles. The van der Waals surface area contributed by atoms with Gasteiger partial charge in [0.1, 0.15) is 0 Å². The second-order valence-corrected chi connectivity index (χ2v) is 4.78. The first-order chi connectivity index (χ1) is 8.65. The zero-order valence-electron chi connectivity index (χ0n) is 11.5. The lowest BCUT2D eigenvalue weighted by atomic mass is 9.95. The van der Waals surface area contributed by atoms with E-state index in [2.05, 4.69) is 51.1 Å². The van der Waals surface area contributed by atoms with E-state index in [9.17, 15) is 0 Å². The molecule has 0 aliphatic rings. The van der Waals surface area contributed by atoms with Crippen molar-refractivity contribution in [1.29, 1.82) is 0 Å². The smallest absolute Gasteiger partial charge is 0.0393 e. The van der Waals surface area contributed by atoms with Crippen LogP contribution in [-0.2, 0) is 12.8 Å². The summed E-state index contributed by atoms with van der Waals surface area (Å²) >= 11 is 0. The van der Waals surface area contributed by atoms with Gasteiger partial charge >= 0.3 is 0 Å². The molecule has 0 heterocycles. The summed E-state index contributed by atoms with van der Waals surface area (Å²) in [6.45, 7) is 6.51. The third kappa shape index (κ3) is 2.40. The Hall–Kier alpha value is -1.76. The Morgan fingerprint density at radius 3 is 2.28 bits per heavy atom. The van der Waals surface area contributed by atoms with Crippen molar-refractivity contribution in [2.24, 2.45) is 0 Å². The van der Waals surface area contributed by atoms with Gasteiger partial charge in [-0.25, -0.2) is 0 Å². The number of benzene rings is 2. The van der Waals surface area contributed by atoms with E-state index in [1.807, 2.05) is 6.07 Å². The second-order valence-electron chi connectivity index (χ2n) is 4.78. The van der Waals surface area contributed by atoms with E-state index >= 15 is 0 Å². The molecule has 0 saturated heterocycles. The highest BCUT2D eigenvalue weighted by molar-refractivity contribution is 5.77. The maximum absolute atomic E-state index is 6.08. The van der Waals surface area contributed by atoms with Gasteiger partial charge in [0.15, 0.2) is 0 Å². The summed E-state index contributed by atoms with van der Waals surface area (Å²) in [5.74, 6) is 0. The number of nitrogen functional groups attached to an aromatic ring is 1. The molecule has 0 aliphatic heterocycles. The van der Waals surface area contributed by atoms with Crippen LogP contribution in [0.3, 0.4) is 0 Å². The van der Waals surface area contributed by atoms with Crippen LogP contribution >= 0.6 is 0 Å². The summed E-state index contributed by atoms with van der Waals surface area (Å²) < 4.78 is 0. The van der Waals surface area contributed by atoms with Gasteiger partial charge in [-0.1, -0.05) is 43.7 Å². The van der Waals surface area contributed by atoms with Gasteiger partial charge in [0.25, 0.3) is 0 Å². The highest BCUT2D eigenvalue weighted by atomic mass is 14.6. The fourth-order valence-corrected chi connectivity index (χ4v) is 2.39. The maximum atomic E-state index is 6.08.